The fourth-order valence-electron chi connectivity index (χ4n) is 2.30. The largest absolute Gasteiger partial charge is 0.493 e. The lowest BCUT2D eigenvalue weighted by Gasteiger charge is -2.17. The van der Waals surface area contributed by atoms with Crippen LogP contribution in [0.25, 0.3) is 0 Å². The monoisotopic (exact) mass is 297 g/mol. The minimum absolute atomic E-state index is 0.484. The average Bonchev–Trinajstić information content (AvgIpc) is 2.61. The number of methoxy groups -OCH3 is 1. The number of benzene rings is 1. The van der Waals surface area contributed by atoms with Gasteiger partial charge in [-0.05, 0) is 42.3 Å². The van der Waals surface area contributed by atoms with Gasteiger partial charge in [-0.15, -0.1) is 0 Å². The van der Waals surface area contributed by atoms with E-state index in [0.717, 1.165) is 42.2 Å². The molecule has 0 aliphatic carbocycles. The van der Waals surface area contributed by atoms with Crippen LogP contribution in [0.3, 0.4) is 0 Å². The van der Waals surface area contributed by atoms with Gasteiger partial charge in [0.25, 0.3) is 0 Å². The zero-order chi connectivity index (χ0) is 15.2. The predicted molar refractivity (Wildman–Crippen MR) is 85.6 cm³/mol. The molecule has 0 radical (unpaired) electrons. The molecule has 5 nitrogen and oxygen atoms in total. The second kappa shape index (κ2) is 6.93. The summed E-state index contributed by atoms with van der Waals surface area (Å²) in [6.07, 6.45) is 4.59. The number of nitrogens with zero attached hydrogens (tertiary/aromatic N) is 2. The summed E-state index contributed by atoms with van der Waals surface area (Å²) < 4.78 is 11.3. The summed E-state index contributed by atoms with van der Waals surface area (Å²) >= 11 is 0. The maximum Gasteiger partial charge on any atom is 0.161 e. The van der Waals surface area contributed by atoms with E-state index < -0.39 is 0 Å². The first-order valence-electron chi connectivity index (χ1n) is 7.35. The van der Waals surface area contributed by atoms with Crippen LogP contribution >= 0.6 is 0 Å². The summed E-state index contributed by atoms with van der Waals surface area (Å²) in [5.41, 5.74) is 2.09. The van der Waals surface area contributed by atoms with Crippen LogP contribution in [-0.2, 0) is 6.61 Å². The van der Waals surface area contributed by atoms with E-state index in [1.165, 1.54) is 0 Å². The van der Waals surface area contributed by atoms with E-state index in [1.54, 1.807) is 19.5 Å². The Morgan fingerprint density at radius 2 is 2.00 bits per heavy atom. The molecule has 0 amide bonds. The number of aromatic nitrogens is 1. The summed E-state index contributed by atoms with van der Waals surface area (Å²) in [6, 6.07) is 9.75. The van der Waals surface area contributed by atoms with Crippen molar-refractivity contribution >= 4 is 5.84 Å². The van der Waals surface area contributed by atoms with Crippen LogP contribution in [0.5, 0.6) is 11.5 Å². The van der Waals surface area contributed by atoms with Gasteiger partial charge in [0.1, 0.15) is 12.4 Å². The SMILES string of the molecule is COc1cc(C2=NCCCN2)ccc1OCc1ccncc1. The molecular formula is C17H19N3O2. The van der Waals surface area contributed by atoms with Crippen molar-refractivity contribution in [3.63, 3.8) is 0 Å². The summed E-state index contributed by atoms with van der Waals surface area (Å²) in [5.74, 6) is 2.35. The van der Waals surface area contributed by atoms with Crippen molar-refractivity contribution < 1.29 is 9.47 Å². The van der Waals surface area contributed by atoms with Gasteiger partial charge in [-0.3, -0.25) is 9.98 Å². The van der Waals surface area contributed by atoms with Crippen LogP contribution < -0.4 is 14.8 Å². The van der Waals surface area contributed by atoms with Crippen LogP contribution in [0, 0.1) is 0 Å². The van der Waals surface area contributed by atoms with Gasteiger partial charge in [-0.2, -0.15) is 0 Å². The van der Waals surface area contributed by atoms with Crippen LogP contribution in [0.15, 0.2) is 47.7 Å². The zero-order valence-corrected chi connectivity index (χ0v) is 12.6. The van der Waals surface area contributed by atoms with Crippen LogP contribution in [0.2, 0.25) is 0 Å². The van der Waals surface area contributed by atoms with Crippen molar-refractivity contribution in [1.29, 1.82) is 0 Å². The lowest BCUT2D eigenvalue weighted by molar-refractivity contribution is 0.284. The van der Waals surface area contributed by atoms with E-state index in [1.807, 2.05) is 30.3 Å². The van der Waals surface area contributed by atoms with Gasteiger partial charge < -0.3 is 14.8 Å². The normalized spacial score (nSPS) is 14.0. The second-order valence-corrected chi connectivity index (χ2v) is 5.02. The number of hydrogen-bond acceptors (Lipinski definition) is 5. The Morgan fingerprint density at radius 3 is 2.73 bits per heavy atom. The van der Waals surface area contributed by atoms with Gasteiger partial charge in [0, 0.05) is 31.0 Å². The van der Waals surface area contributed by atoms with E-state index in [-0.39, 0.29) is 0 Å². The standard InChI is InChI=1S/C17H19N3O2/c1-21-16-11-14(17-19-7-2-8-20-17)3-4-15(16)22-12-13-5-9-18-10-6-13/h3-6,9-11H,2,7-8,12H2,1H3,(H,19,20). The lowest BCUT2D eigenvalue weighted by atomic mass is 10.1. The number of ether oxygens (including phenoxy) is 2. The Morgan fingerprint density at radius 1 is 1.14 bits per heavy atom. The van der Waals surface area contributed by atoms with E-state index >= 15 is 0 Å². The summed E-state index contributed by atoms with van der Waals surface area (Å²) in [4.78, 5) is 8.50. The minimum Gasteiger partial charge on any atom is -0.493 e. The van der Waals surface area contributed by atoms with Crippen molar-refractivity contribution in [2.75, 3.05) is 20.2 Å². The van der Waals surface area contributed by atoms with Crippen molar-refractivity contribution in [2.45, 2.75) is 13.0 Å². The molecule has 114 valence electrons. The summed E-state index contributed by atoms with van der Waals surface area (Å²) in [7, 11) is 1.65. The number of nitrogens with one attached hydrogen (secondary N) is 1. The topological polar surface area (TPSA) is 55.7 Å². The fraction of sp³-hybridized carbons (Fsp3) is 0.294. The third kappa shape index (κ3) is 3.36. The molecule has 0 fully saturated rings. The zero-order valence-electron chi connectivity index (χ0n) is 12.6. The Balaban J connectivity index is 1.75. The Labute approximate surface area is 130 Å². The molecule has 0 spiro atoms. The van der Waals surface area contributed by atoms with Crippen molar-refractivity contribution in [2.24, 2.45) is 4.99 Å². The third-order valence-corrected chi connectivity index (χ3v) is 3.48. The smallest absolute Gasteiger partial charge is 0.161 e. The molecule has 1 aliphatic heterocycles. The highest BCUT2D eigenvalue weighted by Gasteiger charge is 2.11. The highest BCUT2D eigenvalue weighted by molar-refractivity contribution is 5.99. The first kappa shape index (κ1) is 14.4. The lowest BCUT2D eigenvalue weighted by Crippen LogP contribution is -2.30. The molecule has 0 unspecified atom stereocenters. The molecule has 0 saturated heterocycles. The molecule has 1 aliphatic rings. The third-order valence-electron chi connectivity index (χ3n) is 3.48. The number of hydrogen-bond donors (Lipinski definition) is 1. The summed E-state index contributed by atoms with van der Waals surface area (Å²) in [5, 5.41) is 3.31. The fourth-order valence-corrected chi connectivity index (χ4v) is 2.30. The molecule has 1 aromatic heterocycles. The molecule has 0 saturated carbocycles. The molecule has 1 N–H and O–H groups in total. The molecule has 3 rings (SSSR count). The maximum atomic E-state index is 5.84. The average molecular weight is 297 g/mol. The Hall–Kier alpha value is -2.56. The van der Waals surface area contributed by atoms with Crippen LogP contribution in [0.4, 0.5) is 0 Å². The van der Waals surface area contributed by atoms with Gasteiger partial charge in [0.15, 0.2) is 11.5 Å². The molecule has 5 heteroatoms. The van der Waals surface area contributed by atoms with Crippen molar-refractivity contribution in [3.05, 3.63) is 53.9 Å². The van der Waals surface area contributed by atoms with E-state index in [2.05, 4.69) is 15.3 Å². The van der Waals surface area contributed by atoms with Gasteiger partial charge in [-0.1, -0.05) is 0 Å². The first-order chi connectivity index (χ1) is 10.9. The molecule has 22 heavy (non-hydrogen) atoms. The maximum absolute atomic E-state index is 5.84. The van der Waals surface area contributed by atoms with E-state index in [0.29, 0.717) is 12.4 Å². The Kier molecular flexibility index (Phi) is 4.53. The molecular weight excluding hydrogens is 278 g/mol. The summed E-state index contributed by atoms with van der Waals surface area (Å²) in [6.45, 7) is 2.31. The van der Waals surface area contributed by atoms with Crippen molar-refractivity contribution in [1.82, 2.24) is 10.3 Å². The highest BCUT2D eigenvalue weighted by Crippen LogP contribution is 2.29. The molecule has 0 bridgehead atoms. The van der Waals surface area contributed by atoms with Gasteiger partial charge >= 0.3 is 0 Å². The quantitative estimate of drug-likeness (QED) is 0.921. The highest BCUT2D eigenvalue weighted by atomic mass is 16.5. The van der Waals surface area contributed by atoms with Gasteiger partial charge in [0.05, 0.1) is 7.11 Å². The number of rotatable bonds is 5. The van der Waals surface area contributed by atoms with E-state index in [9.17, 15) is 0 Å². The Bertz CT molecular complexity index is 656. The second-order valence-electron chi connectivity index (χ2n) is 5.02. The van der Waals surface area contributed by atoms with Crippen LogP contribution in [0.1, 0.15) is 17.5 Å². The molecule has 2 aromatic rings. The number of pyridine rings is 1. The van der Waals surface area contributed by atoms with Gasteiger partial charge in [0.2, 0.25) is 0 Å². The molecule has 2 heterocycles. The van der Waals surface area contributed by atoms with Crippen molar-refractivity contribution in [3.8, 4) is 11.5 Å². The van der Waals surface area contributed by atoms with E-state index in [4.69, 9.17) is 9.47 Å². The van der Waals surface area contributed by atoms with Gasteiger partial charge in [-0.25, -0.2) is 0 Å². The minimum atomic E-state index is 0.484. The number of aliphatic imine (C=N–C) groups is 1. The first-order valence-corrected chi connectivity index (χ1v) is 7.35. The number of amidine groups is 1. The molecule has 0 atom stereocenters. The predicted octanol–water partition coefficient (Wildman–Crippen LogP) is 2.41. The molecule has 1 aromatic carbocycles. The van der Waals surface area contributed by atoms with Crippen LogP contribution in [-0.4, -0.2) is 31.0 Å².